The average molecular weight is 606 g/mol. The zero-order valence-electron chi connectivity index (χ0n) is 21.0. The van der Waals surface area contributed by atoms with Gasteiger partial charge in [-0.05, 0) is 55.7 Å². The third-order valence-corrected chi connectivity index (χ3v) is 8.89. The van der Waals surface area contributed by atoms with E-state index in [1.165, 1.54) is 6.26 Å². The fourth-order valence-corrected chi connectivity index (χ4v) is 6.11. The molecule has 1 aliphatic carbocycles. The van der Waals surface area contributed by atoms with E-state index < -0.39 is 57.1 Å². The van der Waals surface area contributed by atoms with Crippen molar-refractivity contribution in [1.82, 2.24) is 14.9 Å². The highest BCUT2D eigenvalue weighted by atomic mass is 35.5. The van der Waals surface area contributed by atoms with E-state index in [-0.39, 0.29) is 41.2 Å². The van der Waals surface area contributed by atoms with Crippen molar-refractivity contribution in [3.8, 4) is 5.69 Å². The molecule has 0 aliphatic heterocycles. The second-order valence-corrected chi connectivity index (χ2v) is 12.3. The Labute approximate surface area is 225 Å². The molecule has 1 N–H and O–H groups in total. The summed E-state index contributed by atoms with van der Waals surface area (Å²) in [7, 11) is -3.13. The minimum atomic E-state index is -5.56. The summed E-state index contributed by atoms with van der Waals surface area (Å²) in [5, 5.41) is 2.01. The van der Waals surface area contributed by atoms with Crippen molar-refractivity contribution in [2.24, 2.45) is 11.8 Å². The first-order valence-electron chi connectivity index (χ1n) is 12.1. The molecular formula is C24H27ClF7N3O3S. The van der Waals surface area contributed by atoms with Gasteiger partial charge in [0.2, 0.25) is 0 Å². The Morgan fingerprint density at radius 1 is 1.13 bits per heavy atom. The van der Waals surface area contributed by atoms with Crippen molar-refractivity contribution in [2.75, 3.05) is 12.8 Å². The van der Waals surface area contributed by atoms with Gasteiger partial charge < -0.3 is 5.32 Å². The SMILES string of the molecule is CCc1nc(C(=O)NCC2CCC(S(C)(=O)=O)CC2)c(Cl)n1-c1ccc(CC(C(F)(F)F)C(F)(F)F)cc1F. The maximum atomic E-state index is 15.0. The van der Waals surface area contributed by atoms with Gasteiger partial charge in [-0.1, -0.05) is 24.6 Å². The monoisotopic (exact) mass is 605 g/mol. The minimum absolute atomic E-state index is 0.0423. The van der Waals surface area contributed by atoms with Crippen LogP contribution in [-0.2, 0) is 22.7 Å². The second-order valence-electron chi connectivity index (χ2n) is 9.66. The number of nitrogens with zero attached hydrogens (tertiary/aromatic N) is 2. The van der Waals surface area contributed by atoms with Gasteiger partial charge >= 0.3 is 12.4 Å². The van der Waals surface area contributed by atoms with Crippen LogP contribution in [0.5, 0.6) is 0 Å². The number of amides is 1. The van der Waals surface area contributed by atoms with Crippen molar-refractivity contribution < 1.29 is 43.9 Å². The molecular weight excluding hydrogens is 579 g/mol. The van der Waals surface area contributed by atoms with Gasteiger partial charge in [-0.3, -0.25) is 9.36 Å². The Kier molecular flexibility index (Phi) is 9.30. The van der Waals surface area contributed by atoms with Crippen molar-refractivity contribution >= 4 is 27.3 Å². The normalized spacial score (nSPS) is 18.9. The summed E-state index contributed by atoms with van der Waals surface area (Å²) >= 11 is 6.35. The Hall–Kier alpha value is -2.35. The van der Waals surface area contributed by atoms with E-state index in [1.54, 1.807) is 6.92 Å². The van der Waals surface area contributed by atoms with Crippen molar-refractivity contribution in [3.05, 3.63) is 46.3 Å². The third-order valence-electron chi connectivity index (χ3n) is 6.86. The Morgan fingerprint density at radius 2 is 1.72 bits per heavy atom. The number of halogens is 8. The van der Waals surface area contributed by atoms with Gasteiger partial charge in [0.15, 0.2) is 11.6 Å². The average Bonchev–Trinajstić information content (AvgIpc) is 3.15. The fourth-order valence-electron chi connectivity index (χ4n) is 4.67. The van der Waals surface area contributed by atoms with E-state index in [0.29, 0.717) is 31.7 Å². The molecule has 1 aliphatic rings. The summed E-state index contributed by atoms with van der Waals surface area (Å²) in [6, 6.07) is 2.50. The van der Waals surface area contributed by atoms with Gasteiger partial charge in [-0.15, -0.1) is 0 Å². The zero-order valence-corrected chi connectivity index (χ0v) is 22.5. The van der Waals surface area contributed by atoms with E-state index >= 15 is 0 Å². The maximum absolute atomic E-state index is 15.0. The standard InChI is InChI=1S/C24H27ClF7N3O3S/c1-3-19-34-20(22(36)33-12-13-4-7-15(8-5-13)39(2,37)38)21(25)35(19)17-9-6-14(10-16(17)26)11-18(23(27,28)29)24(30,31)32/h6,9-10,13,15,18H,3-5,7-8,11-12H2,1-2H3,(H,33,36). The highest BCUT2D eigenvalue weighted by Crippen LogP contribution is 2.41. The quantitative estimate of drug-likeness (QED) is 0.383. The third kappa shape index (κ3) is 7.44. The summed E-state index contributed by atoms with van der Waals surface area (Å²) in [6.45, 7) is 1.88. The van der Waals surface area contributed by atoms with Crippen LogP contribution in [0.4, 0.5) is 30.7 Å². The number of sulfone groups is 1. The second kappa shape index (κ2) is 11.6. The molecule has 3 rings (SSSR count). The van der Waals surface area contributed by atoms with Crippen molar-refractivity contribution in [1.29, 1.82) is 0 Å². The number of rotatable bonds is 8. The number of alkyl halides is 6. The molecule has 1 heterocycles. The smallest absolute Gasteiger partial charge is 0.350 e. The molecule has 1 amide bonds. The van der Waals surface area contributed by atoms with E-state index in [4.69, 9.17) is 11.6 Å². The van der Waals surface area contributed by atoms with Crippen LogP contribution in [0.3, 0.4) is 0 Å². The van der Waals surface area contributed by atoms with Gasteiger partial charge in [0.05, 0.1) is 10.9 Å². The van der Waals surface area contributed by atoms with E-state index in [9.17, 15) is 43.9 Å². The number of carbonyl (C=O) groups excluding carboxylic acids is 1. The Balaban J connectivity index is 1.78. The molecule has 1 fully saturated rings. The molecule has 15 heteroatoms. The van der Waals surface area contributed by atoms with Gasteiger partial charge in [-0.2, -0.15) is 26.3 Å². The Bertz CT molecular complexity index is 1290. The van der Waals surface area contributed by atoms with E-state index in [1.807, 2.05) is 0 Å². The first-order chi connectivity index (χ1) is 17.9. The van der Waals surface area contributed by atoms with Crippen LogP contribution in [0.2, 0.25) is 5.15 Å². The highest BCUT2D eigenvalue weighted by molar-refractivity contribution is 7.91. The molecule has 1 saturated carbocycles. The lowest BCUT2D eigenvalue weighted by atomic mass is 9.89. The number of carbonyl (C=O) groups is 1. The molecule has 0 atom stereocenters. The van der Waals surface area contributed by atoms with Crippen LogP contribution < -0.4 is 5.32 Å². The Morgan fingerprint density at radius 3 is 2.21 bits per heavy atom. The summed E-state index contributed by atoms with van der Waals surface area (Å²) in [4.78, 5) is 17.0. The van der Waals surface area contributed by atoms with Crippen LogP contribution >= 0.6 is 11.6 Å². The maximum Gasteiger partial charge on any atom is 0.400 e. The van der Waals surface area contributed by atoms with Crippen LogP contribution in [0, 0.1) is 17.7 Å². The first-order valence-corrected chi connectivity index (χ1v) is 14.4. The highest BCUT2D eigenvalue weighted by Gasteiger charge is 2.56. The number of hydrogen-bond acceptors (Lipinski definition) is 4. The number of hydrogen-bond donors (Lipinski definition) is 1. The van der Waals surface area contributed by atoms with Crippen LogP contribution in [0.15, 0.2) is 18.2 Å². The molecule has 0 bridgehead atoms. The van der Waals surface area contributed by atoms with Crippen molar-refractivity contribution in [3.63, 3.8) is 0 Å². The molecule has 1 aromatic heterocycles. The van der Waals surface area contributed by atoms with E-state index in [0.717, 1.165) is 16.7 Å². The van der Waals surface area contributed by atoms with E-state index in [2.05, 4.69) is 10.3 Å². The number of aromatic nitrogens is 2. The summed E-state index contributed by atoms with van der Waals surface area (Å²) < 4.78 is 117. The topological polar surface area (TPSA) is 81.1 Å². The zero-order chi connectivity index (χ0) is 29.3. The lowest BCUT2D eigenvalue weighted by molar-refractivity contribution is -0.283. The van der Waals surface area contributed by atoms with Gasteiger partial charge in [0, 0.05) is 19.2 Å². The molecule has 39 heavy (non-hydrogen) atoms. The molecule has 0 saturated heterocycles. The summed E-state index contributed by atoms with van der Waals surface area (Å²) in [5.41, 5.74) is -1.04. The predicted octanol–water partition coefficient (Wildman–Crippen LogP) is 5.84. The number of aryl methyl sites for hydroxylation is 1. The molecule has 218 valence electrons. The molecule has 1 aromatic carbocycles. The number of nitrogens with one attached hydrogen (secondary N) is 1. The van der Waals surface area contributed by atoms with Gasteiger partial charge in [0.25, 0.3) is 5.91 Å². The molecule has 0 unspecified atom stereocenters. The number of imidazole rings is 1. The molecule has 2 aromatic rings. The summed E-state index contributed by atoms with van der Waals surface area (Å²) in [6.07, 6.45) is -9.09. The molecule has 6 nitrogen and oxygen atoms in total. The van der Waals surface area contributed by atoms with Crippen LogP contribution in [-0.4, -0.2) is 54.3 Å². The predicted molar refractivity (Wildman–Crippen MR) is 130 cm³/mol. The summed E-state index contributed by atoms with van der Waals surface area (Å²) in [5.74, 6) is -5.27. The minimum Gasteiger partial charge on any atom is -0.350 e. The largest absolute Gasteiger partial charge is 0.400 e. The van der Waals surface area contributed by atoms with Gasteiger partial charge in [0.1, 0.15) is 26.6 Å². The molecule has 0 radical (unpaired) electrons. The van der Waals surface area contributed by atoms with Gasteiger partial charge in [-0.25, -0.2) is 17.8 Å². The first kappa shape index (κ1) is 31.2. The van der Waals surface area contributed by atoms with Crippen LogP contribution in [0.1, 0.15) is 54.5 Å². The fraction of sp³-hybridized carbons (Fsp3) is 0.583. The lowest BCUT2D eigenvalue weighted by Crippen LogP contribution is -2.38. The number of benzene rings is 1. The van der Waals surface area contributed by atoms with Crippen LogP contribution in [0.25, 0.3) is 5.69 Å². The van der Waals surface area contributed by atoms with Crippen molar-refractivity contribution in [2.45, 2.75) is 63.1 Å². The molecule has 0 spiro atoms. The lowest BCUT2D eigenvalue weighted by Gasteiger charge is -2.27.